The summed E-state index contributed by atoms with van der Waals surface area (Å²) in [5, 5.41) is 0. The molecule has 0 aliphatic rings. The van der Waals surface area contributed by atoms with Crippen LogP contribution in [0.2, 0.25) is 0 Å². The van der Waals surface area contributed by atoms with Crippen molar-refractivity contribution < 1.29 is 31.1 Å². The van der Waals surface area contributed by atoms with Crippen molar-refractivity contribution in [1.29, 1.82) is 0 Å². The van der Waals surface area contributed by atoms with Gasteiger partial charge in [-0.1, -0.05) is 0 Å². The van der Waals surface area contributed by atoms with Crippen molar-refractivity contribution in [3.05, 3.63) is 16.6 Å². The van der Waals surface area contributed by atoms with Gasteiger partial charge in [-0.15, -0.1) is 13.2 Å². The van der Waals surface area contributed by atoms with Crippen LogP contribution in [0.15, 0.2) is 21.5 Å². The number of nitrogen functional groups attached to an aromatic ring is 1. The van der Waals surface area contributed by atoms with Gasteiger partial charge in [0.2, 0.25) is 0 Å². The summed E-state index contributed by atoms with van der Waals surface area (Å²) in [6.07, 6.45) is -5.02. The van der Waals surface area contributed by atoms with Crippen LogP contribution in [0.3, 0.4) is 0 Å². The van der Waals surface area contributed by atoms with E-state index in [1.54, 1.807) is 0 Å². The molecule has 1 rings (SSSR count). The van der Waals surface area contributed by atoms with Crippen LogP contribution in [0.4, 0.5) is 32.0 Å². The fourth-order valence-electron chi connectivity index (χ4n) is 0.985. The summed E-state index contributed by atoms with van der Waals surface area (Å²) in [6.45, 7) is 0. The van der Waals surface area contributed by atoms with Crippen molar-refractivity contribution in [2.24, 2.45) is 0 Å². The van der Waals surface area contributed by atoms with Crippen molar-refractivity contribution in [1.82, 2.24) is 0 Å². The third-order valence-corrected chi connectivity index (χ3v) is 3.05. The number of hydrogen-bond acceptors (Lipinski definition) is 3. The highest BCUT2D eigenvalue weighted by Crippen LogP contribution is 2.43. The van der Waals surface area contributed by atoms with Crippen molar-refractivity contribution in [2.45, 2.75) is 16.8 Å². The van der Waals surface area contributed by atoms with Crippen LogP contribution < -0.4 is 10.5 Å². The monoisotopic (exact) mass is 355 g/mol. The van der Waals surface area contributed by atoms with Gasteiger partial charge >= 0.3 is 11.9 Å². The highest BCUT2D eigenvalue weighted by Gasteiger charge is 2.34. The molecule has 0 amide bonds. The Morgan fingerprint density at radius 3 is 2.11 bits per heavy atom. The molecule has 1 aromatic carbocycles. The lowest BCUT2D eigenvalue weighted by Crippen LogP contribution is -2.17. The van der Waals surface area contributed by atoms with Gasteiger partial charge in [0.05, 0.1) is 10.2 Å². The predicted molar refractivity (Wildman–Crippen MR) is 57.1 cm³/mol. The Labute approximate surface area is 110 Å². The average molecular weight is 356 g/mol. The molecule has 0 aliphatic carbocycles. The van der Waals surface area contributed by atoms with Crippen LogP contribution in [0.5, 0.6) is 5.75 Å². The fourth-order valence-corrected chi connectivity index (χ4v) is 1.91. The van der Waals surface area contributed by atoms with E-state index < -0.39 is 34.3 Å². The molecule has 0 fully saturated rings. The first-order valence-corrected chi connectivity index (χ1v) is 5.69. The van der Waals surface area contributed by atoms with Gasteiger partial charge in [0, 0.05) is 4.90 Å². The summed E-state index contributed by atoms with van der Waals surface area (Å²) in [4.78, 5) is -0.498. The minimum absolute atomic E-state index is 0.258. The topological polar surface area (TPSA) is 35.2 Å². The largest absolute Gasteiger partial charge is 0.573 e. The number of ether oxygens (including phenoxy) is 1. The third-order valence-electron chi connectivity index (χ3n) is 1.50. The minimum Gasteiger partial charge on any atom is -0.404 e. The number of anilines is 1. The van der Waals surface area contributed by atoms with E-state index in [1.165, 1.54) is 0 Å². The molecule has 0 saturated carbocycles. The van der Waals surface area contributed by atoms with Gasteiger partial charge in [0.1, 0.15) is 5.75 Å². The van der Waals surface area contributed by atoms with Gasteiger partial charge in [-0.25, -0.2) is 0 Å². The van der Waals surface area contributed by atoms with Crippen LogP contribution in [0, 0.1) is 0 Å². The highest BCUT2D eigenvalue weighted by molar-refractivity contribution is 9.10. The maximum atomic E-state index is 12.1. The molecule has 0 atom stereocenters. The van der Waals surface area contributed by atoms with Gasteiger partial charge in [-0.3, -0.25) is 0 Å². The number of rotatable bonds is 2. The molecule has 0 unspecified atom stereocenters. The molecule has 2 nitrogen and oxygen atoms in total. The molecule has 0 heterocycles. The van der Waals surface area contributed by atoms with E-state index in [-0.39, 0.29) is 10.2 Å². The van der Waals surface area contributed by atoms with E-state index in [0.29, 0.717) is 6.07 Å². The lowest BCUT2D eigenvalue weighted by molar-refractivity contribution is -0.274. The van der Waals surface area contributed by atoms with Crippen LogP contribution in [0.1, 0.15) is 0 Å². The van der Waals surface area contributed by atoms with Crippen molar-refractivity contribution in [3.8, 4) is 5.75 Å². The van der Waals surface area contributed by atoms with Crippen LogP contribution in [-0.2, 0) is 0 Å². The Morgan fingerprint density at radius 1 is 1.11 bits per heavy atom. The first-order chi connectivity index (χ1) is 7.98. The first kappa shape index (κ1) is 15.3. The summed E-state index contributed by atoms with van der Waals surface area (Å²) >= 11 is 2.12. The molecule has 102 valence electrons. The number of hydrogen-bond donors (Lipinski definition) is 1. The van der Waals surface area contributed by atoms with E-state index in [0.717, 1.165) is 6.07 Å². The number of thioether (sulfide) groups is 1. The lowest BCUT2D eigenvalue weighted by Gasteiger charge is -2.14. The van der Waals surface area contributed by atoms with Gasteiger partial charge in [0.25, 0.3) is 0 Å². The number of benzene rings is 1. The standard InChI is InChI=1S/C8H4BrF6NOS/c9-6-4(16)1-3(18-8(13,14)15)2-5(6)17-7(10,11)12/h1-2H,16H2. The van der Waals surface area contributed by atoms with E-state index >= 15 is 0 Å². The Hall–Kier alpha value is -0.770. The second-order valence-corrected chi connectivity index (χ2v) is 4.85. The summed E-state index contributed by atoms with van der Waals surface area (Å²) in [5.74, 6) is -0.825. The molecule has 10 heteroatoms. The predicted octanol–water partition coefficient (Wildman–Crippen LogP) is 4.54. The molecular formula is C8H4BrF6NOS. The molecule has 0 aromatic heterocycles. The molecule has 0 saturated heterocycles. The SMILES string of the molecule is Nc1cc(SC(F)(F)F)cc(OC(F)(F)F)c1Br. The Balaban J connectivity index is 3.11. The van der Waals surface area contributed by atoms with E-state index in [9.17, 15) is 26.3 Å². The molecule has 1 aromatic rings. The van der Waals surface area contributed by atoms with Crippen LogP contribution in [-0.4, -0.2) is 11.9 Å². The zero-order chi connectivity index (χ0) is 14.1. The summed E-state index contributed by atoms with van der Waals surface area (Å²) < 4.78 is 75.6. The summed E-state index contributed by atoms with van der Waals surface area (Å²) in [5.41, 5.74) is 0.367. The van der Waals surface area contributed by atoms with Crippen LogP contribution in [0.25, 0.3) is 0 Å². The van der Waals surface area contributed by atoms with Crippen molar-refractivity contribution >= 4 is 33.4 Å². The smallest absolute Gasteiger partial charge is 0.404 e. The minimum atomic E-state index is -5.02. The van der Waals surface area contributed by atoms with E-state index in [4.69, 9.17) is 5.73 Å². The quantitative estimate of drug-likeness (QED) is 0.480. The fraction of sp³-hybridized carbons (Fsp3) is 0.250. The maximum Gasteiger partial charge on any atom is 0.573 e. The zero-order valence-corrected chi connectivity index (χ0v) is 10.6. The first-order valence-electron chi connectivity index (χ1n) is 4.08. The highest BCUT2D eigenvalue weighted by atomic mass is 79.9. The summed E-state index contributed by atoms with van der Waals surface area (Å²) in [6, 6.07) is 1.50. The summed E-state index contributed by atoms with van der Waals surface area (Å²) in [7, 11) is 0. The van der Waals surface area contributed by atoms with Crippen molar-refractivity contribution in [2.75, 3.05) is 5.73 Å². The Bertz CT molecular complexity index is 446. The molecule has 2 N–H and O–H groups in total. The van der Waals surface area contributed by atoms with Crippen LogP contribution >= 0.6 is 27.7 Å². The zero-order valence-electron chi connectivity index (χ0n) is 8.19. The van der Waals surface area contributed by atoms with Gasteiger partial charge in [0.15, 0.2) is 0 Å². The second-order valence-electron chi connectivity index (χ2n) is 2.92. The molecular weight excluding hydrogens is 352 g/mol. The average Bonchev–Trinajstić information content (AvgIpc) is 2.08. The van der Waals surface area contributed by atoms with E-state index in [2.05, 4.69) is 20.7 Å². The number of alkyl halides is 6. The molecule has 0 spiro atoms. The molecule has 0 radical (unpaired) electrons. The normalized spacial score (nSPS) is 12.6. The molecule has 0 bridgehead atoms. The van der Waals surface area contributed by atoms with Gasteiger partial charge in [-0.2, -0.15) is 13.2 Å². The maximum absolute atomic E-state index is 12.1. The second kappa shape index (κ2) is 5.08. The van der Waals surface area contributed by atoms with Gasteiger partial charge < -0.3 is 10.5 Å². The van der Waals surface area contributed by atoms with Crippen molar-refractivity contribution in [3.63, 3.8) is 0 Å². The molecule has 0 aliphatic heterocycles. The van der Waals surface area contributed by atoms with E-state index in [1.807, 2.05) is 0 Å². The lowest BCUT2D eigenvalue weighted by atomic mass is 10.3. The Morgan fingerprint density at radius 2 is 1.67 bits per heavy atom. The Kier molecular flexibility index (Phi) is 4.31. The number of nitrogens with two attached hydrogens (primary N) is 1. The molecule has 18 heavy (non-hydrogen) atoms. The van der Waals surface area contributed by atoms with Gasteiger partial charge in [-0.05, 0) is 39.8 Å². The third kappa shape index (κ3) is 4.84. The number of halogens is 7.